The van der Waals surface area contributed by atoms with E-state index >= 15 is 0 Å². The second kappa shape index (κ2) is 8.80. The molecule has 0 spiro atoms. The predicted octanol–water partition coefficient (Wildman–Crippen LogP) is 3.58. The van der Waals surface area contributed by atoms with Crippen molar-refractivity contribution in [3.05, 3.63) is 34.9 Å². The Kier molecular flexibility index (Phi) is 7.40. The number of Topliss-reactive ketones (excluding diaryl/α,β-unsaturated/α-hetero) is 1. The van der Waals surface area contributed by atoms with Crippen LogP contribution in [0.1, 0.15) is 38.4 Å². The first kappa shape index (κ1) is 17.7. The lowest BCUT2D eigenvalue weighted by Gasteiger charge is -2.18. The third kappa shape index (κ3) is 5.48. The van der Waals surface area contributed by atoms with Gasteiger partial charge in [-0.15, -0.1) is 0 Å². The summed E-state index contributed by atoms with van der Waals surface area (Å²) >= 11 is 5.86. The molecule has 0 radical (unpaired) electrons. The monoisotopic (exact) mass is 312 g/mol. The highest BCUT2D eigenvalue weighted by molar-refractivity contribution is 6.30. The molecule has 4 nitrogen and oxygen atoms in total. The van der Waals surface area contributed by atoms with Gasteiger partial charge in [-0.25, -0.2) is 0 Å². The number of rotatable bonds is 8. The van der Waals surface area contributed by atoms with E-state index in [4.69, 9.17) is 21.1 Å². The lowest BCUT2D eigenvalue weighted by Crippen LogP contribution is -2.25. The van der Waals surface area contributed by atoms with Gasteiger partial charge in [0.15, 0.2) is 0 Å². The van der Waals surface area contributed by atoms with E-state index < -0.39 is 11.9 Å². The Labute approximate surface area is 130 Å². The van der Waals surface area contributed by atoms with Crippen molar-refractivity contribution in [2.24, 2.45) is 5.92 Å². The van der Waals surface area contributed by atoms with Gasteiger partial charge in [-0.2, -0.15) is 0 Å². The van der Waals surface area contributed by atoms with Crippen molar-refractivity contribution >= 4 is 23.4 Å². The summed E-state index contributed by atoms with van der Waals surface area (Å²) in [5.74, 6) is -1.37. The molecule has 0 saturated carbocycles. The lowest BCUT2D eigenvalue weighted by molar-refractivity contribution is -0.151. The number of methoxy groups -OCH3 is 1. The maximum Gasteiger partial charge on any atom is 0.316 e. The quantitative estimate of drug-likeness (QED) is 0.544. The Balaban J connectivity index is 2.70. The van der Waals surface area contributed by atoms with Crippen LogP contribution in [-0.4, -0.2) is 25.5 Å². The van der Waals surface area contributed by atoms with Crippen LogP contribution in [0.3, 0.4) is 0 Å². The molecule has 1 aromatic rings. The van der Waals surface area contributed by atoms with E-state index in [1.54, 1.807) is 26.2 Å². The Hall–Kier alpha value is -1.39. The molecule has 5 heteroatoms. The standard InChI is InChI=1S/C16H21ClO4/c1-4-21-16(19)14(11(2)18)9-10-15(20-3)12-5-7-13(17)8-6-12/h5-8,14-15H,4,9-10H2,1-3H3. The molecule has 0 aromatic heterocycles. The van der Waals surface area contributed by atoms with Crippen molar-refractivity contribution in [2.45, 2.75) is 32.8 Å². The number of carbonyl (C=O) groups excluding carboxylic acids is 2. The topological polar surface area (TPSA) is 52.6 Å². The third-order valence-electron chi connectivity index (χ3n) is 3.31. The molecule has 0 aliphatic heterocycles. The van der Waals surface area contributed by atoms with Crippen LogP contribution in [-0.2, 0) is 19.1 Å². The molecule has 0 amide bonds. The van der Waals surface area contributed by atoms with Gasteiger partial charge in [0, 0.05) is 12.1 Å². The van der Waals surface area contributed by atoms with E-state index in [1.165, 1.54) is 6.92 Å². The average Bonchev–Trinajstić information content (AvgIpc) is 2.44. The molecule has 0 saturated heterocycles. The van der Waals surface area contributed by atoms with E-state index in [9.17, 15) is 9.59 Å². The maximum atomic E-state index is 11.8. The van der Waals surface area contributed by atoms with Crippen LogP contribution in [0.4, 0.5) is 0 Å². The zero-order valence-corrected chi connectivity index (χ0v) is 13.4. The summed E-state index contributed by atoms with van der Waals surface area (Å²) in [5, 5.41) is 0.654. The molecule has 0 aliphatic rings. The van der Waals surface area contributed by atoms with Gasteiger partial charge >= 0.3 is 5.97 Å². The van der Waals surface area contributed by atoms with Crippen LogP contribution >= 0.6 is 11.6 Å². The van der Waals surface area contributed by atoms with Crippen molar-refractivity contribution in [2.75, 3.05) is 13.7 Å². The SMILES string of the molecule is CCOC(=O)C(CCC(OC)c1ccc(Cl)cc1)C(C)=O. The second-order valence-electron chi connectivity index (χ2n) is 4.77. The Morgan fingerprint density at radius 1 is 1.19 bits per heavy atom. The molecular weight excluding hydrogens is 292 g/mol. The summed E-state index contributed by atoms with van der Waals surface area (Å²) in [7, 11) is 1.60. The van der Waals surface area contributed by atoms with Gasteiger partial charge < -0.3 is 9.47 Å². The number of halogens is 1. The molecule has 21 heavy (non-hydrogen) atoms. The van der Waals surface area contributed by atoms with Crippen LogP contribution in [0.2, 0.25) is 5.02 Å². The minimum absolute atomic E-state index is 0.181. The average molecular weight is 313 g/mol. The molecule has 1 aromatic carbocycles. The number of hydrogen-bond acceptors (Lipinski definition) is 4. The highest BCUT2D eigenvalue weighted by Crippen LogP contribution is 2.26. The molecular formula is C16H21ClO4. The summed E-state index contributed by atoms with van der Waals surface area (Å²) < 4.78 is 10.4. The van der Waals surface area contributed by atoms with E-state index in [-0.39, 0.29) is 18.5 Å². The Morgan fingerprint density at radius 2 is 1.81 bits per heavy atom. The van der Waals surface area contributed by atoms with E-state index in [0.29, 0.717) is 17.9 Å². The van der Waals surface area contributed by atoms with Gasteiger partial charge in [0.1, 0.15) is 11.7 Å². The van der Waals surface area contributed by atoms with Crippen molar-refractivity contribution < 1.29 is 19.1 Å². The highest BCUT2D eigenvalue weighted by atomic mass is 35.5. The van der Waals surface area contributed by atoms with Crippen molar-refractivity contribution in [1.29, 1.82) is 0 Å². The number of hydrogen-bond donors (Lipinski definition) is 0. The molecule has 0 bridgehead atoms. The van der Waals surface area contributed by atoms with Gasteiger partial charge in [-0.1, -0.05) is 23.7 Å². The summed E-state index contributed by atoms with van der Waals surface area (Å²) in [4.78, 5) is 23.3. The first-order chi connectivity index (χ1) is 9.99. The molecule has 116 valence electrons. The zero-order chi connectivity index (χ0) is 15.8. The smallest absolute Gasteiger partial charge is 0.316 e. The van der Waals surface area contributed by atoms with Gasteiger partial charge in [0.05, 0.1) is 12.7 Å². The van der Waals surface area contributed by atoms with Crippen molar-refractivity contribution in [3.63, 3.8) is 0 Å². The third-order valence-corrected chi connectivity index (χ3v) is 3.56. The molecule has 0 fully saturated rings. The Bertz CT molecular complexity index is 470. The Morgan fingerprint density at radius 3 is 2.29 bits per heavy atom. The fourth-order valence-corrected chi connectivity index (χ4v) is 2.27. The van der Waals surface area contributed by atoms with Crippen molar-refractivity contribution in [3.8, 4) is 0 Å². The van der Waals surface area contributed by atoms with Crippen LogP contribution in [0.5, 0.6) is 0 Å². The maximum absolute atomic E-state index is 11.8. The predicted molar refractivity (Wildman–Crippen MR) is 81.2 cm³/mol. The first-order valence-corrected chi connectivity index (χ1v) is 7.32. The largest absolute Gasteiger partial charge is 0.465 e. The first-order valence-electron chi connectivity index (χ1n) is 6.94. The van der Waals surface area contributed by atoms with Crippen LogP contribution < -0.4 is 0 Å². The lowest BCUT2D eigenvalue weighted by atomic mass is 9.95. The summed E-state index contributed by atoms with van der Waals surface area (Å²) in [6.07, 6.45) is 0.773. The normalized spacial score (nSPS) is 13.5. The van der Waals surface area contributed by atoms with Crippen LogP contribution in [0.15, 0.2) is 24.3 Å². The molecule has 0 N–H and O–H groups in total. The van der Waals surface area contributed by atoms with Crippen LogP contribution in [0.25, 0.3) is 0 Å². The number of esters is 1. The minimum Gasteiger partial charge on any atom is -0.465 e. The number of carbonyl (C=O) groups is 2. The van der Waals surface area contributed by atoms with E-state index in [0.717, 1.165) is 5.56 Å². The number of ether oxygens (including phenoxy) is 2. The fraction of sp³-hybridized carbons (Fsp3) is 0.500. The van der Waals surface area contributed by atoms with E-state index in [1.807, 2.05) is 12.1 Å². The number of benzene rings is 1. The minimum atomic E-state index is -0.727. The molecule has 2 unspecified atom stereocenters. The van der Waals surface area contributed by atoms with Crippen molar-refractivity contribution in [1.82, 2.24) is 0 Å². The van der Waals surface area contributed by atoms with Gasteiger partial charge in [0.2, 0.25) is 0 Å². The fourth-order valence-electron chi connectivity index (χ4n) is 2.15. The van der Waals surface area contributed by atoms with Gasteiger partial charge in [-0.05, 0) is 44.4 Å². The molecule has 0 heterocycles. The summed E-state index contributed by atoms with van der Waals surface area (Å²) in [5.41, 5.74) is 0.966. The van der Waals surface area contributed by atoms with Gasteiger partial charge in [-0.3, -0.25) is 9.59 Å². The second-order valence-corrected chi connectivity index (χ2v) is 5.20. The van der Waals surface area contributed by atoms with Crippen LogP contribution in [0, 0.1) is 5.92 Å². The highest BCUT2D eigenvalue weighted by Gasteiger charge is 2.26. The molecule has 0 aliphatic carbocycles. The summed E-state index contributed by atoms with van der Waals surface area (Å²) in [6.45, 7) is 3.40. The molecule has 2 atom stereocenters. The zero-order valence-electron chi connectivity index (χ0n) is 12.6. The summed E-state index contributed by atoms with van der Waals surface area (Å²) in [6, 6.07) is 7.33. The van der Waals surface area contributed by atoms with E-state index in [2.05, 4.69) is 0 Å². The molecule has 1 rings (SSSR count). The number of ketones is 1. The van der Waals surface area contributed by atoms with Gasteiger partial charge in [0.25, 0.3) is 0 Å².